The van der Waals surface area contributed by atoms with Crippen LogP contribution in [0.15, 0.2) is 12.1 Å². The summed E-state index contributed by atoms with van der Waals surface area (Å²) in [6.45, 7) is 6.33. The molecule has 18 heavy (non-hydrogen) atoms. The van der Waals surface area contributed by atoms with Crippen molar-refractivity contribution in [1.82, 2.24) is 0 Å². The highest BCUT2D eigenvalue weighted by atomic mass is 35.5. The summed E-state index contributed by atoms with van der Waals surface area (Å²) < 4.78 is 13.4. The van der Waals surface area contributed by atoms with Crippen LogP contribution in [0, 0.1) is 24.6 Å². The molecular formula is C15H21ClFN. The van der Waals surface area contributed by atoms with Crippen LogP contribution in [-0.4, -0.2) is 6.04 Å². The maximum absolute atomic E-state index is 13.4. The Bertz CT molecular complexity index is 433. The summed E-state index contributed by atoms with van der Waals surface area (Å²) in [6, 6.07) is 3.65. The Hall–Kier alpha value is -0.760. The highest BCUT2D eigenvalue weighted by molar-refractivity contribution is 6.33. The largest absolute Gasteiger partial charge is 0.381 e. The number of benzene rings is 1. The fraction of sp³-hybridized carbons (Fsp3) is 0.600. The van der Waals surface area contributed by atoms with Crippen molar-refractivity contribution in [1.29, 1.82) is 0 Å². The number of nitrogens with one attached hydrogen (secondary N) is 1. The summed E-state index contributed by atoms with van der Waals surface area (Å²) in [6.07, 6.45) is 3.71. The molecule has 3 heteroatoms. The van der Waals surface area contributed by atoms with Crippen LogP contribution in [0.2, 0.25) is 5.02 Å². The molecular weight excluding hydrogens is 249 g/mol. The third-order valence-corrected chi connectivity index (χ3v) is 4.36. The van der Waals surface area contributed by atoms with Gasteiger partial charge < -0.3 is 5.32 Å². The summed E-state index contributed by atoms with van der Waals surface area (Å²) in [7, 11) is 0. The van der Waals surface area contributed by atoms with Crippen molar-refractivity contribution < 1.29 is 4.39 Å². The van der Waals surface area contributed by atoms with Crippen LogP contribution in [0.4, 0.5) is 10.1 Å². The summed E-state index contributed by atoms with van der Waals surface area (Å²) in [4.78, 5) is 0. The third kappa shape index (κ3) is 2.97. The van der Waals surface area contributed by atoms with Gasteiger partial charge in [-0.2, -0.15) is 0 Å². The molecule has 0 spiro atoms. The Labute approximate surface area is 114 Å². The van der Waals surface area contributed by atoms with Crippen LogP contribution in [0.25, 0.3) is 0 Å². The van der Waals surface area contributed by atoms with Crippen molar-refractivity contribution in [2.24, 2.45) is 11.8 Å². The zero-order chi connectivity index (χ0) is 13.3. The van der Waals surface area contributed by atoms with E-state index in [1.54, 1.807) is 6.92 Å². The van der Waals surface area contributed by atoms with Crippen molar-refractivity contribution in [3.63, 3.8) is 0 Å². The van der Waals surface area contributed by atoms with Gasteiger partial charge in [-0.1, -0.05) is 31.9 Å². The fourth-order valence-corrected chi connectivity index (χ4v) is 2.91. The monoisotopic (exact) mass is 269 g/mol. The lowest BCUT2D eigenvalue weighted by Gasteiger charge is -2.34. The van der Waals surface area contributed by atoms with Gasteiger partial charge in [-0.3, -0.25) is 0 Å². The van der Waals surface area contributed by atoms with Crippen LogP contribution in [-0.2, 0) is 0 Å². The van der Waals surface area contributed by atoms with Crippen LogP contribution in [0.1, 0.15) is 38.7 Å². The van der Waals surface area contributed by atoms with Crippen molar-refractivity contribution in [3.05, 3.63) is 28.5 Å². The second-order valence-corrected chi connectivity index (χ2v) is 6.13. The van der Waals surface area contributed by atoms with Gasteiger partial charge >= 0.3 is 0 Å². The zero-order valence-electron chi connectivity index (χ0n) is 11.3. The maximum atomic E-state index is 13.4. The van der Waals surface area contributed by atoms with Gasteiger partial charge in [0.05, 0.1) is 10.7 Å². The highest BCUT2D eigenvalue weighted by Crippen LogP contribution is 2.33. The van der Waals surface area contributed by atoms with Gasteiger partial charge in [0, 0.05) is 6.04 Å². The number of hydrogen-bond acceptors (Lipinski definition) is 1. The Kier molecular flexibility index (Phi) is 4.16. The molecule has 1 N–H and O–H groups in total. The van der Waals surface area contributed by atoms with Crippen molar-refractivity contribution >= 4 is 17.3 Å². The van der Waals surface area contributed by atoms with E-state index in [0.29, 0.717) is 22.5 Å². The SMILES string of the molecule is Cc1cc(NC2CC(C)CCC2C)c(Cl)cc1F. The summed E-state index contributed by atoms with van der Waals surface area (Å²) in [5.41, 5.74) is 1.50. The summed E-state index contributed by atoms with van der Waals surface area (Å²) in [5.74, 6) is 1.15. The van der Waals surface area contributed by atoms with Gasteiger partial charge in [0.15, 0.2) is 0 Å². The molecule has 3 unspecified atom stereocenters. The second kappa shape index (κ2) is 5.48. The molecule has 0 amide bonds. The normalized spacial score (nSPS) is 28.2. The van der Waals surface area contributed by atoms with Crippen molar-refractivity contribution in [2.75, 3.05) is 5.32 Å². The molecule has 0 saturated heterocycles. The van der Waals surface area contributed by atoms with E-state index in [0.717, 1.165) is 18.0 Å². The number of anilines is 1. The highest BCUT2D eigenvalue weighted by Gasteiger charge is 2.25. The molecule has 0 aromatic heterocycles. The smallest absolute Gasteiger partial charge is 0.127 e. The molecule has 3 atom stereocenters. The van der Waals surface area contributed by atoms with Crippen LogP contribution >= 0.6 is 11.6 Å². The first-order chi connectivity index (χ1) is 8.47. The molecule has 0 heterocycles. The fourth-order valence-electron chi connectivity index (χ4n) is 2.70. The lowest BCUT2D eigenvalue weighted by atomic mass is 9.80. The molecule has 1 saturated carbocycles. The lowest BCUT2D eigenvalue weighted by molar-refractivity contribution is 0.280. The Morgan fingerprint density at radius 2 is 2.00 bits per heavy atom. The molecule has 1 aromatic rings. The lowest BCUT2D eigenvalue weighted by Crippen LogP contribution is -2.33. The predicted octanol–water partition coefficient (Wildman–Crippen LogP) is 5.02. The first-order valence-electron chi connectivity index (χ1n) is 6.69. The molecule has 1 aliphatic carbocycles. The molecule has 1 aliphatic rings. The van der Waals surface area contributed by atoms with E-state index < -0.39 is 0 Å². The molecule has 0 radical (unpaired) electrons. The zero-order valence-corrected chi connectivity index (χ0v) is 12.0. The number of aryl methyl sites for hydroxylation is 1. The molecule has 1 nitrogen and oxygen atoms in total. The molecule has 1 fully saturated rings. The second-order valence-electron chi connectivity index (χ2n) is 5.73. The minimum atomic E-state index is -0.240. The third-order valence-electron chi connectivity index (χ3n) is 4.05. The molecule has 1 aromatic carbocycles. The molecule has 2 rings (SSSR count). The van der Waals surface area contributed by atoms with Gasteiger partial charge in [-0.05, 0) is 49.3 Å². The van der Waals surface area contributed by atoms with Crippen LogP contribution < -0.4 is 5.32 Å². The topological polar surface area (TPSA) is 12.0 Å². The minimum absolute atomic E-state index is 0.240. The average Bonchev–Trinajstić information content (AvgIpc) is 2.30. The van der Waals surface area contributed by atoms with Gasteiger partial charge in [0.25, 0.3) is 0 Å². The van der Waals surface area contributed by atoms with E-state index in [9.17, 15) is 4.39 Å². The Morgan fingerprint density at radius 1 is 1.28 bits per heavy atom. The van der Waals surface area contributed by atoms with E-state index in [1.165, 1.54) is 18.9 Å². The van der Waals surface area contributed by atoms with Crippen molar-refractivity contribution in [3.8, 4) is 0 Å². The number of hydrogen-bond donors (Lipinski definition) is 1. The maximum Gasteiger partial charge on any atom is 0.127 e. The molecule has 0 aliphatic heterocycles. The molecule has 0 bridgehead atoms. The van der Waals surface area contributed by atoms with Crippen LogP contribution in [0.5, 0.6) is 0 Å². The average molecular weight is 270 g/mol. The molecule has 100 valence electrons. The van der Waals surface area contributed by atoms with Crippen molar-refractivity contribution in [2.45, 2.75) is 46.1 Å². The quantitative estimate of drug-likeness (QED) is 0.794. The number of rotatable bonds is 2. The van der Waals surface area contributed by atoms with E-state index in [1.807, 2.05) is 6.07 Å². The van der Waals surface area contributed by atoms with Gasteiger partial charge in [0.2, 0.25) is 0 Å². The van der Waals surface area contributed by atoms with E-state index in [-0.39, 0.29) is 5.82 Å². The van der Waals surface area contributed by atoms with Gasteiger partial charge in [-0.25, -0.2) is 4.39 Å². The van der Waals surface area contributed by atoms with Crippen LogP contribution in [0.3, 0.4) is 0 Å². The summed E-state index contributed by atoms with van der Waals surface area (Å²) in [5, 5.41) is 3.97. The number of halogens is 2. The Morgan fingerprint density at radius 3 is 2.72 bits per heavy atom. The first-order valence-corrected chi connectivity index (χ1v) is 7.07. The summed E-state index contributed by atoms with van der Waals surface area (Å²) >= 11 is 6.10. The van der Waals surface area contributed by atoms with Gasteiger partial charge in [-0.15, -0.1) is 0 Å². The Balaban J connectivity index is 2.15. The van der Waals surface area contributed by atoms with E-state index >= 15 is 0 Å². The predicted molar refractivity (Wildman–Crippen MR) is 75.7 cm³/mol. The first kappa shape index (κ1) is 13.7. The minimum Gasteiger partial charge on any atom is -0.381 e. The standard InChI is InChI=1S/C15H21ClFN/c1-9-4-5-10(2)14(6-9)18-15-7-11(3)13(17)8-12(15)16/h7-10,14,18H,4-6H2,1-3H3. The van der Waals surface area contributed by atoms with Gasteiger partial charge in [0.1, 0.15) is 5.82 Å². The van der Waals surface area contributed by atoms with E-state index in [4.69, 9.17) is 11.6 Å². The van der Waals surface area contributed by atoms with E-state index in [2.05, 4.69) is 19.2 Å².